The Bertz CT molecular complexity index is 413. The maximum absolute atomic E-state index is 3.35. The van der Waals surface area contributed by atoms with Crippen molar-refractivity contribution in [3.05, 3.63) is 42.5 Å². The third-order valence-electron chi connectivity index (χ3n) is 2.35. The Morgan fingerprint density at radius 2 is 1.85 bits per heavy atom. The number of rotatable bonds is 1. The van der Waals surface area contributed by atoms with Crippen molar-refractivity contribution in [2.24, 2.45) is 0 Å². The van der Waals surface area contributed by atoms with Gasteiger partial charge in [-0.2, -0.15) is 0 Å². The molecule has 2 aromatic rings. The molecule has 1 heteroatoms. The molecule has 0 unspecified atom stereocenters. The van der Waals surface area contributed by atoms with Gasteiger partial charge in [-0.15, -0.1) is 0 Å². The first-order valence-electron chi connectivity index (χ1n) is 4.68. The molecular formula is C12H13Sn. The summed E-state index contributed by atoms with van der Waals surface area (Å²) in [5.74, 6) is 0. The third-order valence-corrected chi connectivity index (χ3v) is 7.27. The Balaban J connectivity index is 2.76. The quantitative estimate of drug-likeness (QED) is 0.701. The van der Waals surface area contributed by atoms with Gasteiger partial charge in [0.05, 0.1) is 0 Å². The number of hydrogen-bond acceptors (Lipinski definition) is 0. The number of hydrogen-bond donors (Lipinski definition) is 0. The predicted molar refractivity (Wildman–Crippen MR) is 61.3 cm³/mol. The second-order valence-corrected chi connectivity index (χ2v) is 12.0. The van der Waals surface area contributed by atoms with Crippen LogP contribution >= 0.6 is 0 Å². The molecule has 0 aliphatic carbocycles. The molecule has 2 rings (SSSR count). The summed E-state index contributed by atoms with van der Waals surface area (Å²) in [5.41, 5.74) is 0. The van der Waals surface area contributed by atoms with Crippen LogP contribution < -0.4 is 3.58 Å². The summed E-state index contributed by atoms with van der Waals surface area (Å²) in [6.45, 7) is 0. The summed E-state index contributed by atoms with van der Waals surface area (Å²) in [6.07, 6.45) is 0. The van der Waals surface area contributed by atoms with Gasteiger partial charge < -0.3 is 0 Å². The van der Waals surface area contributed by atoms with Gasteiger partial charge in [0, 0.05) is 0 Å². The average Bonchev–Trinajstić information content (AvgIpc) is 2.17. The first kappa shape index (κ1) is 9.07. The van der Waals surface area contributed by atoms with Crippen LogP contribution in [0.15, 0.2) is 36.4 Å². The molecule has 1 radical (unpaired) electrons. The fraction of sp³-hybridized carbons (Fsp3) is 0.167. The minimum atomic E-state index is -1.37. The van der Waals surface area contributed by atoms with Crippen LogP contribution in [0.1, 0.15) is 0 Å². The zero-order valence-electron chi connectivity index (χ0n) is 8.04. The van der Waals surface area contributed by atoms with Crippen LogP contribution in [0.25, 0.3) is 10.8 Å². The van der Waals surface area contributed by atoms with Crippen molar-refractivity contribution in [3.63, 3.8) is 0 Å². The van der Waals surface area contributed by atoms with Crippen molar-refractivity contribution in [2.45, 2.75) is 9.88 Å². The van der Waals surface area contributed by atoms with E-state index in [1.165, 1.54) is 10.8 Å². The second kappa shape index (κ2) is 3.70. The van der Waals surface area contributed by atoms with Crippen LogP contribution in [0, 0.1) is 6.07 Å². The molecular weight excluding hydrogens is 263 g/mol. The summed E-state index contributed by atoms with van der Waals surface area (Å²) in [5, 5.41) is 2.70. The normalized spacial score (nSPS) is 11.0. The Hall–Kier alpha value is -0.501. The molecule has 0 aliphatic heterocycles. The van der Waals surface area contributed by atoms with E-state index in [4.69, 9.17) is 0 Å². The van der Waals surface area contributed by atoms with E-state index >= 15 is 0 Å². The monoisotopic (exact) mass is 277 g/mol. The van der Waals surface area contributed by atoms with Gasteiger partial charge in [-0.05, 0) is 0 Å². The zero-order valence-corrected chi connectivity index (χ0v) is 11.3. The van der Waals surface area contributed by atoms with E-state index in [1.807, 2.05) is 6.07 Å². The zero-order chi connectivity index (χ0) is 9.26. The maximum atomic E-state index is 3.35. The summed E-state index contributed by atoms with van der Waals surface area (Å²) in [6, 6.07) is 16.2. The summed E-state index contributed by atoms with van der Waals surface area (Å²) in [7, 11) is 0. The SMILES string of the molecule is [CH3][SnH]([CH3])[c]1cccc2ccc[c]c12. The van der Waals surface area contributed by atoms with E-state index in [-0.39, 0.29) is 0 Å². The Kier molecular flexibility index (Phi) is 2.58. The first-order valence-corrected chi connectivity index (χ1v) is 12.9. The summed E-state index contributed by atoms with van der Waals surface area (Å²) < 4.78 is 1.60. The number of fused-ring (bicyclic) bond motifs is 1. The van der Waals surface area contributed by atoms with Crippen molar-refractivity contribution in [1.82, 2.24) is 0 Å². The van der Waals surface area contributed by atoms with E-state index in [0.717, 1.165) is 0 Å². The van der Waals surface area contributed by atoms with Crippen molar-refractivity contribution in [3.8, 4) is 0 Å². The molecule has 0 aliphatic rings. The molecule has 0 atom stereocenters. The van der Waals surface area contributed by atoms with Crippen LogP contribution in [0.4, 0.5) is 0 Å². The van der Waals surface area contributed by atoms with Gasteiger partial charge in [0.15, 0.2) is 0 Å². The molecule has 0 fully saturated rings. The molecule has 0 heterocycles. The molecule has 0 spiro atoms. The van der Waals surface area contributed by atoms with Gasteiger partial charge >= 0.3 is 86.5 Å². The fourth-order valence-corrected chi connectivity index (χ4v) is 5.44. The molecule has 13 heavy (non-hydrogen) atoms. The van der Waals surface area contributed by atoms with Crippen molar-refractivity contribution in [1.29, 1.82) is 0 Å². The molecule has 0 saturated carbocycles. The van der Waals surface area contributed by atoms with Crippen molar-refractivity contribution in [2.75, 3.05) is 0 Å². The van der Waals surface area contributed by atoms with Gasteiger partial charge in [0.25, 0.3) is 0 Å². The Morgan fingerprint density at radius 1 is 1.08 bits per heavy atom. The van der Waals surface area contributed by atoms with Crippen molar-refractivity contribution < 1.29 is 0 Å². The van der Waals surface area contributed by atoms with Crippen LogP contribution in [0.2, 0.25) is 9.88 Å². The third kappa shape index (κ3) is 1.73. The summed E-state index contributed by atoms with van der Waals surface area (Å²) in [4.78, 5) is 4.86. The van der Waals surface area contributed by atoms with Crippen LogP contribution in [-0.2, 0) is 0 Å². The predicted octanol–water partition coefficient (Wildman–Crippen LogP) is 2.33. The van der Waals surface area contributed by atoms with E-state index in [2.05, 4.69) is 46.3 Å². The Morgan fingerprint density at radius 3 is 2.62 bits per heavy atom. The van der Waals surface area contributed by atoms with Gasteiger partial charge in [-0.3, -0.25) is 0 Å². The number of benzene rings is 2. The molecule has 0 N–H and O–H groups in total. The molecule has 2 aromatic carbocycles. The molecule has 0 nitrogen and oxygen atoms in total. The van der Waals surface area contributed by atoms with E-state index in [9.17, 15) is 0 Å². The van der Waals surface area contributed by atoms with Crippen LogP contribution in [0.5, 0.6) is 0 Å². The first-order chi connectivity index (χ1) is 6.29. The van der Waals surface area contributed by atoms with E-state index in [1.54, 1.807) is 3.58 Å². The topological polar surface area (TPSA) is 0 Å². The fourth-order valence-electron chi connectivity index (χ4n) is 1.66. The molecule has 0 aromatic heterocycles. The Labute approximate surface area is 86.3 Å². The van der Waals surface area contributed by atoms with E-state index < -0.39 is 19.8 Å². The van der Waals surface area contributed by atoms with Crippen molar-refractivity contribution >= 4 is 34.1 Å². The van der Waals surface area contributed by atoms with Gasteiger partial charge in [0.1, 0.15) is 0 Å². The summed E-state index contributed by atoms with van der Waals surface area (Å²) >= 11 is -1.37. The second-order valence-electron chi connectivity index (χ2n) is 3.64. The average molecular weight is 276 g/mol. The molecule has 65 valence electrons. The van der Waals surface area contributed by atoms with Gasteiger partial charge in [-0.25, -0.2) is 0 Å². The van der Waals surface area contributed by atoms with Crippen LogP contribution in [0.3, 0.4) is 0 Å². The molecule has 0 bridgehead atoms. The van der Waals surface area contributed by atoms with E-state index in [0.29, 0.717) is 0 Å². The minimum absolute atomic E-state index is 1.34. The van der Waals surface area contributed by atoms with Gasteiger partial charge in [0.2, 0.25) is 0 Å². The van der Waals surface area contributed by atoms with Crippen LogP contribution in [-0.4, -0.2) is 19.8 Å². The standard InChI is InChI=1S/C10H6.2CH3.Sn.H/c1-2-6-10-8-4-3-7-9(10)5-1;;;;/h1-5,7H;2*1H3;;. The molecule has 0 amide bonds. The molecule has 0 saturated heterocycles. The van der Waals surface area contributed by atoms with Gasteiger partial charge in [-0.1, -0.05) is 0 Å².